The lowest BCUT2D eigenvalue weighted by Crippen LogP contribution is -2.21. The van der Waals surface area contributed by atoms with Gasteiger partial charge in [0.15, 0.2) is 0 Å². The van der Waals surface area contributed by atoms with Crippen molar-refractivity contribution >= 4 is 33.7 Å². The zero-order valence-electron chi connectivity index (χ0n) is 10.8. The Labute approximate surface area is 116 Å². The van der Waals surface area contributed by atoms with Crippen molar-refractivity contribution in [3.05, 3.63) is 60.2 Å². The van der Waals surface area contributed by atoms with Gasteiger partial charge in [0.05, 0.1) is 6.21 Å². The summed E-state index contributed by atoms with van der Waals surface area (Å²) in [6.45, 7) is 0. The largest absolute Gasteiger partial charge is 0.369 e. The molecule has 4 heteroatoms. The fourth-order valence-corrected chi connectivity index (χ4v) is 2.34. The molecule has 0 saturated heterocycles. The molecule has 3 rings (SSSR count). The van der Waals surface area contributed by atoms with Gasteiger partial charge in [0.2, 0.25) is 5.96 Å². The third kappa shape index (κ3) is 2.19. The average Bonchev–Trinajstić information content (AvgIpc) is 2.46. The van der Waals surface area contributed by atoms with Gasteiger partial charge in [0.1, 0.15) is 0 Å². The molecule has 0 amide bonds. The Hall–Kier alpha value is -2.88. The molecule has 0 heterocycles. The smallest absolute Gasteiger partial charge is 0.211 e. The van der Waals surface area contributed by atoms with Crippen LogP contribution in [0.1, 0.15) is 5.56 Å². The highest BCUT2D eigenvalue weighted by molar-refractivity contribution is 6.13. The van der Waals surface area contributed by atoms with E-state index < -0.39 is 0 Å². The number of benzene rings is 3. The molecule has 4 N–H and O–H groups in total. The lowest BCUT2D eigenvalue weighted by molar-refractivity contribution is 1.22. The molecule has 0 aliphatic heterocycles. The van der Waals surface area contributed by atoms with Gasteiger partial charge in [-0.1, -0.05) is 48.5 Å². The minimum atomic E-state index is -0.0502. The van der Waals surface area contributed by atoms with Crippen molar-refractivity contribution < 1.29 is 0 Å². The zero-order chi connectivity index (χ0) is 13.9. The highest BCUT2D eigenvalue weighted by atomic mass is 15.3. The normalized spacial score (nSPS) is 11.2. The van der Waals surface area contributed by atoms with E-state index in [2.05, 4.69) is 40.5 Å². The first-order chi connectivity index (χ1) is 9.75. The maximum Gasteiger partial charge on any atom is 0.211 e. The van der Waals surface area contributed by atoms with Crippen molar-refractivity contribution in [1.29, 1.82) is 0 Å². The van der Waals surface area contributed by atoms with E-state index in [1.165, 1.54) is 0 Å². The number of nitrogens with zero attached hydrogens (tertiary/aromatic N) is 2. The van der Waals surface area contributed by atoms with Gasteiger partial charge < -0.3 is 11.5 Å². The van der Waals surface area contributed by atoms with Crippen LogP contribution in [0, 0.1) is 0 Å². The summed E-state index contributed by atoms with van der Waals surface area (Å²) in [7, 11) is 0. The third-order valence-electron chi connectivity index (χ3n) is 3.17. The minimum absolute atomic E-state index is 0.0502. The summed E-state index contributed by atoms with van der Waals surface area (Å²) in [6, 6.07) is 18.5. The second-order valence-corrected chi connectivity index (χ2v) is 4.50. The molecule has 0 saturated carbocycles. The van der Waals surface area contributed by atoms with E-state index in [1.807, 2.05) is 24.3 Å². The van der Waals surface area contributed by atoms with Crippen molar-refractivity contribution in [1.82, 2.24) is 0 Å². The van der Waals surface area contributed by atoms with Gasteiger partial charge in [-0.15, -0.1) is 5.10 Å². The Kier molecular flexibility index (Phi) is 3.05. The zero-order valence-corrected chi connectivity index (χ0v) is 10.8. The summed E-state index contributed by atoms with van der Waals surface area (Å²) in [4.78, 5) is 0. The Bertz CT molecular complexity index is 776. The van der Waals surface area contributed by atoms with Crippen LogP contribution in [0.15, 0.2) is 64.8 Å². The van der Waals surface area contributed by atoms with Crippen LogP contribution in [0.3, 0.4) is 0 Å². The highest BCUT2D eigenvalue weighted by Gasteiger charge is 2.04. The molecule has 0 aliphatic rings. The molecule has 0 spiro atoms. The average molecular weight is 262 g/mol. The maximum absolute atomic E-state index is 5.30. The number of hydrogen-bond donors (Lipinski definition) is 2. The Morgan fingerprint density at radius 2 is 1.40 bits per heavy atom. The van der Waals surface area contributed by atoms with Crippen LogP contribution in [0.25, 0.3) is 21.5 Å². The van der Waals surface area contributed by atoms with E-state index in [9.17, 15) is 0 Å². The quantitative estimate of drug-likeness (QED) is 0.322. The number of rotatable bonds is 2. The summed E-state index contributed by atoms with van der Waals surface area (Å²) >= 11 is 0. The van der Waals surface area contributed by atoms with Gasteiger partial charge in [-0.2, -0.15) is 5.10 Å². The second kappa shape index (κ2) is 5.01. The monoisotopic (exact) mass is 262 g/mol. The number of nitrogens with two attached hydrogens (primary N) is 2. The van der Waals surface area contributed by atoms with Gasteiger partial charge in [0, 0.05) is 5.56 Å². The van der Waals surface area contributed by atoms with Crippen LogP contribution in [-0.2, 0) is 0 Å². The molecule has 0 aromatic heterocycles. The van der Waals surface area contributed by atoms with Gasteiger partial charge in [-0.25, -0.2) is 0 Å². The number of hydrogen-bond acceptors (Lipinski definition) is 2. The molecule has 4 nitrogen and oxygen atoms in total. The molecule has 0 radical (unpaired) electrons. The molecule has 0 fully saturated rings. The summed E-state index contributed by atoms with van der Waals surface area (Å²) in [5, 5.41) is 12.2. The Balaban J connectivity index is 2.33. The van der Waals surface area contributed by atoms with E-state index in [1.54, 1.807) is 6.21 Å². The van der Waals surface area contributed by atoms with Crippen molar-refractivity contribution in [2.45, 2.75) is 0 Å². The van der Waals surface area contributed by atoms with Crippen LogP contribution in [0.2, 0.25) is 0 Å². The van der Waals surface area contributed by atoms with E-state index >= 15 is 0 Å². The first kappa shape index (κ1) is 12.2. The minimum Gasteiger partial charge on any atom is -0.369 e. The lowest BCUT2D eigenvalue weighted by Gasteiger charge is -2.07. The Morgan fingerprint density at radius 3 is 1.95 bits per heavy atom. The Morgan fingerprint density at radius 1 is 0.850 bits per heavy atom. The summed E-state index contributed by atoms with van der Waals surface area (Å²) < 4.78 is 0. The highest BCUT2D eigenvalue weighted by Crippen LogP contribution is 2.27. The molecular weight excluding hydrogens is 248 g/mol. The fraction of sp³-hybridized carbons (Fsp3) is 0. The van der Waals surface area contributed by atoms with Crippen LogP contribution < -0.4 is 11.5 Å². The maximum atomic E-state index is 5.30. The predicted octanol–water partition coefficient (Wildman–Crippen LogP) is 2.60. The summed E-state index contributed by atoms with van der Waals surface area (Å²) in [5.41, 5.74) is 11.6. The van der Waals surface area contributed by atoms with Crippen LogP contribution in [0.4, 0.5) is 0 Å². The molecule has 0 atom stereocenters. The van der Waals surface area contributed by atoms with Gasteiger partial charge in [0.25, 0.3) is 0 Å². The predicted molar refractivity (Wildman–Crippen MR) is 84.9 cm³/mol. The van der Waals surface area contributed by atoms with Gasteiger partial charge in [-0.3, -0.25) is 0 Å². The second-order valence-electron chi connectivity index (χ2n) is 4.50. The van der Waals surface area contributed by atoms with Crippen LogP contribution in [-0.4, -0.2) is 12.2 Å². The van der Waals surface area contributed by atoms with Crippen LogP contribution >= 0.6 is 0 Å². The molecule has 0 aliphatic carbocycles. The molecule has 0 unspecified atom stereocenters. The molecule has 0 bridgehead atoms. The van der Waals surface area contributed by atoms with Crippen molar-refractivity contribution in [3.8, 4) is 0 Å². The van der Waals surface area contributed by atoms with E-state index in [0.717, 1.165) is 27.1 Å². The molecule has 98 valence electrons. The van der Waals surface area contributed by atoms with Gasteiger partial charge >= 0.3 is 0 Å². The number of guanidine groups is 1. The topological polar surface area (TPSA) is 76.8 Å². The van der Waals surface area contributed by atoms with Crippen molar-refractivity contribution in [2.24, 2.45) is 21.7 Å². The third-order valence-corrected chi connectivity index (χ3v) is 3.17. The number of fused-ring (bicyclic) bond motifs is 2. The molecule has 20 heavy (non-hydrogen) atoms. The molecule has 3 aromatic rings. The first-order valence-corrected chi connectivity index (χ1v) is 6.28. The van der Waals surface area contributed by atoms with Crippen LogP contribution in [0.5, 0.6) is 0 Å². The lowest BCUT2D eigenvalue weighted by atomic mass is 9.97. The van der Waals surface area contributed by atoms with Crippen molar-refractivity contribution in [3.63, 3.8) is 0 Å². The van der Waals surface area contributed by atoms with E-state index in [-0.39, 0.29) is 5.96 Å². The molecular formula is C16H14N4. The van der Waals surface area contributed by atoms with Gasteiger partial charge in [-0.05, 0) is 27.6 Å². The summed E-state index contributed by atoms with van der Waals surface area (Å²) in [6.07, 6.45) is 1.70. The summed E-state index contributed by atoms with van der Waals surface area (Å²) in [5.74, 6) is -0.0502. The van der Waals surface area contributed by atoms with E-state index in [0.29, 0.717) is 0 Å². The first-order valence-electron chi connectivity index (χ1n) is 6.28. The standard InChI is InChI=1S/C16H14N4/c17-16(18)20-19-10-15-13-7-3-1-5-11(13)9-12-6-2-4-8-14(12)15/h1-10H,(H4,17,18,20). The molecule has 3 aromatic carbocycles. The SMILES string of the molecule is NC(N)=NN=Cc1c2ccccc2cc2ccccc12. The van der Waals surface area contributed by atoms with E-state index in [4.69, 9.17) is 11.5 Å². The fourth-order valence-electron chi connectivity index (χ4n) is 2.34. The van der Waals surface area contributed by atoms with Crippen molar-refractivity contribution in [2.75, 3.05) is 0 Å².